The molecule has 1 aliphatic rings. The molecule has 0 radical (unpaired) electrons. The van der Waals surface area contributed by atoms with Gasteiger partial charge in [-0.25, -0.2) is 0 Å². The van der Waals surface area contributed by atoms with E-state index in [0.29, 0.717) is 0 Å². The first-order chi connectivity index (χ1) is 10.6. The van der Waals surface area contributed by atoms with Gasteiger partial charge in [0.05, 0.1) is 11.4 Å². The summed E-state index contributed by atoms with van der Waals surface area (Å²) in [6.07, 6.45) is 0. The van der Waals surface area contributed by atoms with Crippen LogP contribution in [0, 0.1) is 0 Å². The zero-order chi connectivity index (χ0) is 15.5. The normalized spacial score (nSPS) is 15.0. The van der Waals surface area contributed by atoms with E-state index >= 15 is 0 Å². The highest BCUT2D eigenvalue weighted by Gasteiger charge is 2.19. The maximum Gasteiger partial charge on any atom is 0.0605 e. The maximum absolute atomic E-state index is 6.10. The van der Waals surface area contributed by atoms with Crippen molar-refractivity contribution >= 4 is 28.7 Å². The largest absolute Gasteiger partial charge is 0.376 e. The van der Waals surface area contributed by atoms with Crippen LogP contribution in [-0.2, 0) is 0 Å². The second-order valence-corrected chi connectivity index (χ2v) is 6.27. The molecule has 2 aromatic rings. The van der Waals surface area contributed by atoms with Gasteiger partial charge in [0.15, 0.2) is 0 Å². The lowest BCUT2D eigenvalue weighted by atomic mass is 10.2. The molecule has 0 atom stereocenters. The zero-order valence-corrected chi connectivity index (χ0v) is 13.9. The highest BCUT2D eigenvalue weighted by Crippen LogP contribution is 2.29. The molecule has 3 nitrogen and oxygen atoms in total. The molecule has 0 bridgehead atoms. The molecule has 1 heterocycles. The van der Waals surface area contributed by atoms with E-state index in [1.807, 2.05) is 18.2 Å². The highest BCUT2D eigenvalue weighted by molar-refractivity contribution is 6.30. The Kier molecular flexibility index (Phi) is 4.44. The van der Waals surface area contributed by atoms with Crippen molar-refractivity contribution in [3.05, 3.63) is 53.6 Å². The van der Waals surface area contributed by atoms with Crippen LogP contribution in [0.25, 0.3) is 0 Å². The quantitative estimate of drug-likeness (QED) is 0.854. The Morgan fingerprint density at radius 2 is 1.55 bits per heavy atom. The number of nitrogens with zero attached hydrogens (tertiary/aromatic N) is 3. The van der Waals surface area contributed by atoms with Gasteiger partial charge in [-0.15, -0.1) is 0 Å². The molecule has 116 valence electrons. The zero-order valence-electron chi connectivity index (χ0n) is 13.2. The average molecular weight is 316 g/mol. The van der Waals surface area contributed by atoms with Crippen LogP contribution in [0.1, 0.15) is 0 Å². The minimum absolute atomic E-state index is 0.804. The predicted octanol–water partition coefficient (Wildman–Crippen LogP) is 3.73. The van der Waals surface area contributed by atoms with Crippen molar-refractivity contribution in [3.63, 3.8) is 0 Å². The summed E-state index contributed by atoms with van der Waals surface area (Å²) in [5.74, 6) is 0. The summed E-state index contributed by atoms with van der Waals surface area (Å²) in [7, 11) is 4.20. The molecule has 22 heavy (non-hydrogen) atoms. The Balaban J connectivity index is 1.72. The van der Waals surface area contributed by atoms with E-state index in [-0.39, 0.29) is 0 Å². The van der Waals surface area contributed by atoms with Gasteiger partial charge in [-0.3, -0.25) is 0 Å². The monoisotopic (exact) mass is 315 g/mol. The number of benzene rings is 2. The molecule has 2 aromatic carbocycles. The van der Waals surface area contributed by atoms with E-state index in [0.717, 1.165) is 31.2 Å². The fraction of sp³-hybridized carbons (Fsp3) is 0.333. The molecule has 0 aliphatic carbocycles. The van der Waals surface area contributed by atoms with Gasteiger partial charge < -0.3 is 14.7 Å². The van der Waals surface area contributed by atoms with Gasteiger partial charge >= 0.3 is 0 Å². The fourth-order valence-electron chi connectivity index (χ4n) is 2.99. The van der Waals surface area contributed by atoms with Gasteiger partial charge in [0.1, 0.15) is 0 Å². The first kappa shape index (κ1) is 15.0. The van der Waals surface area contributed by atoms with E-state index in [1.165, 1.54) is 17.1 Å². The SMILES string of the molecule is CN(C)c1ccccc1N1CCN(c2cccc(Cl)c2)CC1. The summed E-state index contributed by atoms with van der Waals surface area (Å²) in [4.78, 5) is 7.05. The number of halogens is 1. The lowest BCUT2D eigenvalue weighted by Crippen LogP contribution is -2.46. The molecule has 0 unspecified atom stereocenters. The number of piperazine rings is 1. The second kappa shape index (κ2) is 6.49. The highest BCUT2D eigenvalue weighted by atomic mass is 35.5. The van der Waals surface area contributed by atoms with Crippen LogP contribution in [0.15, 0.2) is 48.5 Å². The van der Waals surface area contributed by atoms with Crippen molar-refractivity contribution in [2.45, 2.75) is 0 Å². The molecule has 1 fully saturated rings. The van der Waals surface area contributed by atoms with Crippen molar-refractivity contribution in [2.75, 3.05) is 55.0 Å². The van der Waals surface area contributed by atoms with E-state index in [4.69, 9.17) is 11.6 Å². The number of anilines is 3. The fourth-order valence-corrected chi connectivity index (χ4v) is 3.17. The number of hydrogen-bond donors (Lipinski definition) is 0. The van der Waals surface area contributed by atoms with Crippen LogP contribution in [0.3, 0.4) is 0 Å². The van der Waals surface area contributed by atoms with Crippen LogP contribution in [0.4, 0.5) is 17.1 Å². The predicted molar refractivity (Wildman–Crippen MR) is 96.6 cm³/mol. The first-order valence-corrected chi connectivity index (χ1v) is 8.05. The third-order valence-electron chi connectivity index (χ3n) is 4.16. The van der Waals surface area contributed by atoms with Crippen LogP contribution in [0.2, 0.25) is 5.02 Å². The van der Waals surface area contributed by atoms with E-state index < -0.39 is 0 Å². The lowest BCUT2D eigenvalue weighted by molar-refractivity contribution is 0.653. The van der Waals surface area contributed by atoms with Crippen molar-refractivity contribution in [1.82, 2.24) is 0 Å². The Labute approximate surface area is 137 Å². The molecular formula is C18H22ClN3. The van der Waals surface area contributed by atoms with Crippen molar-refractivity contribution in [3.8, 4) is 0 Å². The molecule has 0 saturated carbocycles. The molecule has 0 spiro atoms. The van der Waals surface area contributed by atoms with Gasteiger partial charge in [-0.1, -0.05) is 29.8 Å². The topological polar surface area (TPSA) is 9.72 Å². The summed E-state index contributed by atoms with van der Waals surface area (Å²) in [6.45, 7) is 4.08. The second-order valence-electron chi connectivity index (χ2n) is 5.84. The summed E-state index contributed by atoms with van der Waals surface area (Å²) < 4.78 is 0. The van der Waals surface area contributed by atoms with Gasteiger partial charge in [0, 0.05) is 51.0 Å². The lowest BCUT2D eigenvalue weighted by Gasteiger charge is -2.38. The summed E-state index contributed by atoms with van der Waals surface area (Å²) >= 11 is 6.10. The summed E-state index contributed by atoms with van der Waals surface area (Å²) in [5.41, 5.74) is 3.81. The molecule has 1 saturated heterocycles. The van der Waals surface area contributed by atoms with Gasteiger partial charge in [-0.05, 0) is 30.3 Å². The van der Waals surface area contributed by atoms with Crippen LogP contribution in [-0.4, -0.2) is 40.3 Å². The van der Waals surface area contributed by atoms with Crippen LogP contribution >= 0.6 is 11.6 Å². The van der Waals surface area contributed by atoms with Crippen LogP contribution in [0.5, 0.6) is 0 Å². The Morgan fingerprint density at radius 1 is 0.864 bits per heavy atom. The third-order valence-corrected chi connectivity index (χ3v) is 4.39. The Hall–Kier alpha value is -1.87. The molecule has 0 N–H and O–H groups in total. The summed E-state index contributed by atoms with van der Waals surface area (Å²) in [5, 5.41) is 0.804. The third kappa shape index (κ3) is 3.14. The van der Waals surface area contributed by atoms with Crippen molar-refractivity contribution in [2.24, 2.45) is 0 Å². The van der Waals surface area contributed by atoms with E-state index in [2.05, 4.69) is 59.1 Å². The maximum atomic E-state index is 6.10. The van der Waals surface area contributed by atoms with E-state index in [9.17, 15) is 0 Å². The molecule has 1 aliphatic heterocycles. The molecule has 4 heteroatoms. The minimum Gasteiger partial charge on any atom is -0.376 e. The van der Waals surface area contributed by atoms with Gasteiger partial charge in [-0.2, -0.15) is 0 Å². The number of para-hydroxylation sites is 2. The Bertz CT molecular complexity index is 634. The molecular weight excluding hydrogens is 294 g/mol. The Morgan fingerprint density at radius 3 is 2.23 bits per heavy atom. The van der Waals surface area contributed by atoms with Crippen molar-refractivity contribution < 1.29 is 0 Å². The van der Waals surface area contributed by atoms with Gasteiger partial charge in [0.2, 0.25) is 0 Å². The smallest absolute Gasteiger partial charge is 0.0605 e. The number of hydrogen-bond acceptors (Lipinski definition) is 3. The standard InChI is InChI=1S/C18H22ClN3/c1-20(2)17-8-3-4-9-18(17)22-12-10-21(11-13-22)16-7-5-6-15(19)14-16/h3-9,14H,10-13H2,1-2H3. The first-order valence-electron chi connectivity index (χ1n) is 7.67. The van der Waals surface area contributed by atoms with E-state index in [1.54, 1.807) is 0 Å². The molecule has 3 rings (SSSR count). The number of rotatable bonds is 3. The van der Waals surface area contributed by atoms with Crippen molar-refractivity contribution in [1.29, 1.82) is 0 Å². The minimum atomic E-state index is 0.804. The molecule has 0 aromatic heterocycles. The molecule has 0 amide bonds. The summed E-state index contributed by atoms with van der Waals surface area (Å²) in [6, 6.07) is 16.7. The average Bonchev–Trinajstić information content (AvgIpc) is 2.55. The van der Waals surface area contributed by atoms with Crippen LogP contribution < -0.4 is 14.7 Å². The van der Waals surface area contributed by atoms with Gasteiger partial charge in [0.25, 0.3) is 0 Å².